The first kappa shape index (κ1) is 16.9. The van der Waals surface area contributed by atoms with Crippen LogP contribution < -0.4 is 10.6 Å². The zero-order chi connectivity index (χ0) is 15.2. The molecule has 1 N–H and O–H groups in total. The summed E-state index contributed by atoms with van der Waals surface area (Å²) in [6.07, 6.45) is 1.69. The van der Waals surface area contributed by atoms with Gasteiger partial charge >= 0.3 is 11.9 Å². The van der Waals surface area contributed by atoms with Crippen LogP contribution in [-0.4, -0.2) is 49.3 Å². The Balaban J connectivity index is 2.80. The van der Waals surface area contributed by atoms with Gasteiger partial charge in [-0.05, 0) is 27.2 Å². The highest BCUT2D eigenvalue weighted by atomic mass is 16.6. The molecular weight excluding hydrogens is 260 g/mol. The summed E-state index contributed by atoms with van der Waals surface area (Å²) in [6, 6.07) is 0. The highest BCUT2D eigenvalue weighted by Gasteiger charge is 2.52. The Labute approximate surface area is 120 Å². The van der Waals surface area contributed by atoms with Crippen molar-refractivity contribution >= 4 is 11.9 Å². The molecule has 0 aromatic heterocycles. The van der Waals surface area contributed by atoms with Crippen molar-refractivity contribution in [3.05, 3.63) is 0 Å². The van der Waals surface area contributed by atoms with Gasteiger partial charge in [0.25, 0.3) is 0 Å². The van der Waals surface area contributed by atoms with Crippen LogP contribution in [0, 0.1) is 0 Å². The number of rotatable bonds is 5. The fourth-order valence-electron chi connectivity index (χ4n) is 1.80. The van der Waals surface area contributed by atoms with Crippen LogP contribution in [0.5, 0.6) is 0 Å². The standard InChI is InChI=1S/C14H25N2O4/c1-5-6-9-19-11(17)14(10-15-7-8-16-14)12(18)20-13(2,3)4/h15H,5-10H2,1-4H3. The molecule has 0 spiro atoms. The molecule has 115 valence electrons. The van der Waals surface area contributed by atoms with Gasteiger partial charge in [0.2, 0.25) is 5.54 Å². The maximum Gasteiger partial charge on any atom is 0.341 e. The number of nitrogens with one attached hydrogen (secondary N) is 1. The molecule has 0 amide bonds. The summed E-state index contributed by atoms with van der Waals surface area (Å²) in [5.41, 5.74) is -2.22. The Morgan fingerprint density at radius 3 is 2.50 bits per heavy atom. The summed E-state index contributed by atoms with van der Waals surface area (Å²) < 4.78 is 10.5. The Kier molecular flexibility index (Phi) is 5.95. The Morgan fingerprint density at radius 1 is 1.30 bits per heavy atom. The summed E-state index contributed by atoms with van der Waals surface area (Å²) in [4.78, 5) is 24.6. The summed E-state index contributed by atoms with van der Waals surface area (Å²) in [5, 5.41) is 7.23. The molecule has 20 heavy (non-hydrogen) atoms. The Morgan fingerprint density at radius 2 is 2.00 bits per heavy atom. The summed E-state index contributed by atoms with van der Waals surface area (Å²) in [6.45, 7) is 8.76. The van der Waals surface area contributed by atoms with Gasteiger partial charge in [-0.3, -0.25) is 0 Å². The molecule has 0 saturated carbocycles. The minimum atomic E-state index is -1.56. The highest BCUT2D eigenvalue weighted by molar-refractivity contribution is 6.05. The molecule has 6 nitrogen and oxygen atoms in total. The van der Waals surface area contributed by atoms with Gasteiger partial charge in [0.05, 0.1) is 6.61 Å². The van der Waals surface area contributed by atoms with Crippen LogP contribution in [0.1, 0.15) is 40.5 Å². The fraction of sp³-hybridized carbons (Fsp3) is 0.857. The molecular formula is C14H25N2O4. The van der Waals surface area contributed by atoms with Gasteiger partial charge < -0.3 is 14.8 Å². The lowest BCUT2D eigenvalue weighted by Gasteiger charge is -2.34. The van der Waals surface area contributed by atoms with Crippen LogP contribution in [0.15, 0.2) is 0 Å². The Bertz CT molecular complexity index is 344. The van der Waals surface area contributed by atoms with Crippen molar-refractivity contribution in [1.29, 1.82) is 0 Å². The molecule has 1 radical (unpaired) electrons. The Hall–Kier alpha value is -1.14. The van der Waals surface area contributed by atoms with E-state index in [0.29, 0.717) is 19.7 Å². The van der Waals surface area contributed by atoms with E-state index in [1.54, 1.807) is 20.8 Å². The zero-order valence-corrected chi connectivity index (χ0v) is 12.8. The molecule has 0 bridgehead atoms. The van der Waals surface area contributed by atoms with Gasteiger partial charge in [0.15, 0.2) is 0 Å². The molecule has 6 heteroatoms. The first-order valence-electron chi connectivity index (χ1n) is 7.12. The maximum absolute atomic E-state index is 12.4. The summed E-state index contributed by atoms with van der Waals surface area (Å²) in [7, 11) is 0. The van der Waals surface area contributed by atoms with E-state index in [9.17, 15) is 9.59 Å². The van der Waals surface area contributed by atoms with Gasteiger partial charge in [-0.15, -0.1) is 0 Å². The predicted octanol–water partition coefficient (Wildman–Crippen LogP) is 0.618. The number of hydrogen-bond donors (Lipinski definition) is 1. The molecule has 1 unspecified atom stereocenters. The van der Waals surface area contributed by atoms with Gasteiger partial charge in [-0.25, -0.2) is 14.9 Å². The molecule has 1 aliphatic heterocycles. The van der Waals surface area contributed by atoms with E-state index < -0.39 is 23.1 Å². The lowest BCUT2D eigenvalue weighted by Crippen LogP contribution is -2.66. The van der Waals surface area contributed by atoms with E-state index in [1.165, 1.54) is 0 Å². The van der Waals surface area contributed by atoms with E-state index in [1.807, 2.05) is 6.92 Å². The smallest absolute Gasteiger partial charge is 0.341 e. The second kappa shape index (κ2) is 7.04. The van der Waals surface area contributed by atoms with Crippen molar-refractivity contribution in [3.8, 4) is 0 Å². The predicted molar refractivity (Wildman–Crippen MR) is 74.3 cm³/mol. The van der Waals surface area contributed by atoms with E-state index in [0.717, 1.165) is 12.8 Å². The van der Waals surface area contributed by atoms with Crippen LogP contribution in [-0.2, 0) is 19.1 Å². The molecule has 1 rings (SSSR count). The van der Waals surface area contributed by atoms with Crippen molar-refractivity contribution in [2.45, 2.75) is 51.7 Å². The van der Waals surface area contributed by atoms with Crippen LogP contribution in [0.3, 0.4) is 0 Å². The van der Waals surface area contributed by atoms with Crippen LogP contribution in [0.25, 0.3) is 0 Å². The average Bonchev–Trinajstić information content (AvgIpc) is 2.37. The van der Waals surface area contributed by atoms with Gasteiger partial charge in [-0.1, -0.05) is 13.3 Å². The van der Waals surface area contributed by atoms with Crippen molar-refractivity contribution in [1.82, 2.24) is 10.6 Å². The van der Waals surface area contributed by atoms with E-state index in [4.69, 9.17) is 9.47 Å². The van der Waals surface area contributed by atoms with Gasteiger partial charge in [0.1, 0.15) is 5.60 Å². The van der Waals surface area contributed by atoms with Crippen LogP contribution in [0.4, 0.5) is 0 Å². The van der Waals surface area contributed by atoms with Crippen molar-refractivity contribution in [2.75, 3.05) is 26.2 Å². The lowest BCUT2D eigenvalue weighted by atomic mass is 9.97. The van der Waals surface area contributed by atoms with Crippen molar-refractivity contribution < 1.29 is 19.1 Å². The first-order chi connectivity index (χ1) is 9.32. The third-order valence-electron chi connectivity index (χ3n) is 2.86. The number of piperazine rings is 1. The lowest BCUT2D eigenvalue weighted by molar-refractivity contribution is -0.174. The number of ether oxygens (including phenoxy) is 2. The number of unbranched alkanes of at least 4 members (excludes halogenated alkanes) is 1. The third-order valence-corrected chi connectivity index (χ3v) is 2.86. The second-order valence-corrected chi connectivity index (χ2v) is 5.91. The van der Waals surface area contributed by atoms with Crippen LogP contribution >= 0.6 is 0 Å². The second-order valence-electron chi connectivity index (χ2n) is 5.91. The van der Waals surface area contributed by atoms with Gasteiger partial charge in [-0.2, -0.15) is 0 Å². The molecule has 1 atom stereocenters. The topological polar surface area (TPSA) is 78.7 Å². The SMILES string of the molecule is CCCCOC(=O)C1(C(=O)OC(C)(C)C)CNCC[N]1. The number of carbonyl (C=O) groups excluding carboxylic acids is 2. The van der Waals surface area contributed by atoms with Crippen LogP contribution in [0.2, 0.25) is 0 Å². The maximum atomic E-state index is 12.4. The molecule has 1 aliphatic rings. The third kappa shape index (κ3) is 4.45. The highest BCUT2D eigenvalue weighted by Crippen LogP contribution is 2.19. The van der Waals surface area contributed by atoms with Gasteiger partial charge in [0, 0.05) is 19.6 Å². The molecule has 1 saturated heterocycles. The van der Waals surface area contributed by atoms with E-state index in [2.05, 4.69) is 10.6 Å². The van der Waals surface area contributed by atoms with E-state index >= 15 is 0 Å². The number of carbonyl (C=O) groups is 2. The largest absolute Gasteiger partial charge is 0.464 e. The number of hydrogen-bond acceptors (Lipinski definition) is 5. The monoisotopic (exact) mass is 285 g/mol. The quantitative estimate of drug-likeness (QED) is 0.455. The minimum absolute atomic E-state index is 0.132. The minimum Gasteiger partial charge on any atom is -0.464 e. The molecule has 0 aliphatic carbocycles. The molecule has 1 heterocycles. The van der Waals surface area contributed by atoms with Crippen molar-refractivity contribution in [3.63, 3.8) is 0 Å². The molecule has 1 fully saturated rings. The first-order valence-corrected chi connectivity index (χ1v) is 7.12. The normalized spacial score (nSPS) is 23.2. The molecule has 0 aromatic rings. The number of nitrogens with zero attached hydrogens (tertiary/aromatic N) is 1. The average molecular weight is 285 g/mol. The molecule has 0 aromatic carbocycles. The van der Waals surface area contributed by atoms with E-state index in [-0.39, 0.29) is 6.54 Å². The summed E-state index contributed by atoms with van der Waals surface area (Å²) in [5.74, 6) is -1.26. The summed E-state index contributed by atoms with van der Waals surface area (Å²) >= 11 is 0. The van der Waals surface area contributed by atoms with Crippen molar-refractivity contribution in [2.24, 2.45) is 0 Å². The fourth-order valence-corrected chi connectivity index (χ4v) is 1.80. The number of esters is 2. The zero-order valence-electron chi connectivity index (χ0n) is 12.8.